The van der Waals surface area contributed by atoms with Crippen molar-refractivity contribution in [3.8, 4) is 5.75 Å². The normalized spacial score (nSPS) is 19.8. The Kier molecular flexibility index (Phi) is 5.41. The van der Waals surface area contributed by atoms with Crippen molar-refractivity contribution in [1.82, 2.24) is 0 Å². The number of carboxylic acids is 1. The van der Waals surface area contributed by atoms with Crippen LogP contribution in [0.3, 0.4) is 0 Å². The van der Waals surface area contributed by atoms with Crippen molar-refractivity contribution in [2.45, 2.75) is 38.2 Å². The molecule has 0 amide bonds. The van der Waals surface area contributed by atoms with Crippen molar-refractivity contribution in [2.75, 3.05) is 13.7 Å². The van der Waals surface area contributed by atoms with Crippen LogP contribution >= 0.6 is 0 Å². The molecule has 0 spiro atoms. The SMILES string of the molecule is COc1ccc(CC(CCC2CCCO2)C(=O)O)cc1. The van der Waals surface area contributed by atoms with E-state index in [1.807, 2.05) is 24.3 Å². The fraction of sp³-hybridized carbons (Fsp3) is 0.562. The number of rotatable bonds is 7. The molecule has 2 unspecified atom stereocenters. The lowest BCUT2D eigenvalue weighted by atomic mass is 9.93. The Bertz CT molecular complexity index is 421. The number of aliphatic carboxylic acids is 1. The van der Waals surface area contributed by atoms with Crippen LogP contribution in [0.25, 0.3) is 0 Å². The third kappa shape index (κ3) is 4.23. The van der Waals surface area contributed by atoms with E-state index in [1.54, 1.807) is 7.11 Å². The van der Waals surface area contributed by atoms with E-state index in [4.69, 9.17) is 9.47 Å². The van der Waals surface area contributed by atoms with Gasteiger partial charge in [0.15, 0.2) is 0 Å². The number of methoxy groups -OCH3 is 1. The summed E-state index contributed by atoms with van der Waals surface area (Å²) in [6, 6.07) is 7.60. The van der Waals surface area contributed by atoms with Crippen molar-refractivity contribution in [2.24, 2.45) is 5.92 Å². The second-order valence-corrected chi connectivity index (χ2v) is 5.30. The van der Waals surface area contributed by atoms with Gasteiger partial charge in [0, 0.05) is 6.61 Å². The summed E-state index contributed by atoms with van der Waals surface area (Å²) in [5.74, 6) is -0.272. The maximum Gasteiger partial charge on any atom is 0.306 e. The van der Waals surface area contributed by atoms with Gasteiger partial charge in [-0.1, -0.05) is 12.1 Å². The van der Waals surface area contributed by atoms with Gasteiger partial charge in [0.25, 0.3) is 0 Å². The van der Waals surface area contributed by atoms with Crippen LogP contribution in [-0.4, -0.2) is 30.9 Å². The number of carbonyl (C=O) groups is 1. The maximum absolute atomic E-state index is 11.4. The number of hydrogen-bond donors (Lipinski definition) is 1. The van der Waals surface area contributed by atoms with Gasteiger partial charge in [0.1, 0.15) is 5.75 Å². The van der Waals surface area contributed by atoms with E-state index in [0.29, 0.717) is 12.8 Å². The smallest absolute Gasteiger partial charge is 0.306 e. The molecule has 1 heterocycles. The summed E-state index contributed by atoms with van der Waals surface area (Å²) in [4.78, 5) is 11.4. The second-order valence-electron chi connectivity index (χ2n) is 5.30. The summed E-state index contributed by atoms with van der Waals surface area (Å²) in [6.45, 7) is 0.820. The second kappa shape index (κ2) is 7.29. The zero-order valence-electron chi connectivity index (χ0n) is 11.9. The molecule has 0 aliphatic carbocycles. The molecular formula is C16H22O4. The Labute approximate surface area is 119 Å². The number of benzene rings is 1. The Hall–Kier alpha value is -1.55. The lowest BCUT2D eigenvalue weighted by molar-refractivity contribution is -0.142. The zero-order valence-corrected chi connectivity index (χ0v) is 11.9. The molecule has 1 aromatic rings. The van der Waals surface area contributed by atoms with Crippen molar-refractivity contribution < 1.29 is 19.4 Å². The molecule has 1 fully saturated rings. The predicted octanol–water partition coefficient (Wildman–Crippen LogP) is 2.90. The molecule has 0 radical (unpaired) electrons. The van der Waals surface area contributed by atoms with E-state index in [0.717, 1.165) is 37.2 Å². The molecule has 0 aromatic heterocycles. The average molecular weight is 278 g/mol. The molecule has 110 valence electrons. The van der Waals surface area contributed by atoms with Crippen molar-refractivity contribution >= 4 is 5.97 Å². The first-order valence-electron chi connectivity index (χ1n) is 7.16. The maximum atomic E-state index is 11.4. The molecule has 0 saturated carbocycles. The summed E-state index contributed by atoms with van der Waals surface area (Å²) in [5.41, 5.74) is 1.03. The molecule has 2 atom stereocenters. The summed E-state index contributed by atoms with van der Waals surface area (Å²) < 4.78 is 10.7. The van der Waals surface area contributed by atoms with Gasteiger partial charge in [-0.2, -0.15) is 0 Å². The van der Waals surface area contributed by atoms with Crippen LogP contribution in [-0.2, 0) is 16.0 Å². The van der Waals surface area contributed by atoms with E-state index in [-0.39, 0.29) is 12.0 Å². The van der Waals surface area contributed by atoms with Gasteiger partial charge in [-0.15, -0.1) is 0 Å². The molecule has 4 heteroatoms. The summed E-state index contributed by atoms with van der Waals surface area (Å²) in [7, 11) is 1.62. The van der Waals surface area contributed by atoms with Crippen molar-refractivity contribution in [1.29, 1.82) is 0 Å². The number of hydrogen-bond acceptors (Lipinski definition) is 3. The quantitative estimate of drug-likeness (QED) is 0.833. The van der Waals surface area contributed by atoms with Crippen LogP contribution in [0.4, 0.5) is 0 Å². The third-order valence-electron chi connectivity index (χ3n) is 3.85. The fourth-order valence-corrected chi connectivity index (χ4v) is 2.62. The van der Waals surface area contributed by atoms with Crippen LogP contribution in [0.2, 0.25) is 0 Å². The molecule has 1 N–H and O–H groups in total. The van der Waals surface area contributed by atoms with Crippen molar-refractivity contribution in [3.63, 3.8) is 0 Å². The van der Waals surface area contributed by atoms with Gasteiger partial charge in [-0.25, -0.2) is 0 Å². The monoisotopic (exact) mass is 278 g/mol. The molecule has 0 bridgehead atoms. The Morgan fingerprint density at radius 2 is 2.20 bits per heavy atom. The first-order valence-corrected chi connectivity index (χ1v) is 7.16. The largest absolute Gasteiger partial charge is 0.497 e. The van der Waals surface area contributed by atoms with Gasteiger partial charge in [0.05, 0.1) is 19.1 Å². The average Bonchev–Trinajstić information content (AvgIpc) is 2.97. The van der Waals surface area contributed by atoms with E-state index in [1.165, 1.54) is 0 Å². The molecular weight excluding hydrogens is 256 g/mol. The third-order valence-corrected chi connectivity index (χ3v) is 3.85. The topological polar surface area (TPSA) is 55.8 Å². The summed E-state index contributed by atoms with van der Waals surface area (Å²) in [5, 5.41) is 9.34. The van der Waals surface area contributed by atoms with E-state index < -0.39 is 5.97 Å². The van der Waals surface area contributed by atoms with E-state index in [9.17, 15) is 9.90 Å². The van der Waals surface area contributed by atoms with Crippen LogP contribution in [0.15, 0.2) is 24.3 Å². The highest BCUT2D eigenvalue weighted by Crippen LogP contribution is 2.22. The minimum Gasteiger partial charge on any atom is -0.497 e. The summed E-state index contributed by atoms with van der Waals surface area (Å²) >= 11 is 0. The lowest BCUT2D eigenvalue weighted by Crippen LogP contribution is -2.19. The highest BCUT2D eigenvalue weighted by Gasteiger charge is 2.22. The van der Waals surface area contributed by atoms with Gasteiger partial charge in [-0.05, 0) is 49.8 Å². The molecule has 1 aromatic carbocycles. The van der Waals surface area contributed by atoms with Gasteiger partial charge in [-0.3, -0.25) is 4.79 Å². The molecule has 1 aliphatic rings. The Balaban J connectivity index is 1.88. The molecule has 4 nitrogen and oxygen atoms in total. The molecule has 20 heavy (non-hydrogen) atoms. The van der Waals surface area contributed by atoms with Gasteiger partial charge < -0.3 is 14.6 Å². The number of ether oxygens (including phenoxy) is 2. The van der Waals surface area contributed by atoms with Crippen LogP contribution < -0.4 is 4.74 Å². The van der Waals surface area contributed by atoms with Crippen LogP contribution in [0.1, 0.15) is 31.2 Å². The van der Waals surface area contributed by atoms with Crippen LogP contribution in [0, 0.1) is 5.92 Å². The van der Waals surface area contributed by atoms with Gasteiger partial charge >= 0.3 is 5.97 Å². The van der Waals surface area contributed by atoms with Crippen molar-refractivity contribution in [3.05, 3.63) is 29.8 Å². The molecule has 1 aliphatic heterocycles. The first kappa shape index (κ1) is 14.9. The van der Waals surface area contributed by atoms with Crippen LogP contribution in [0.5, 0.6) is 5.75 Å². The minimum absolute atomic E-state index is 0.257. The predicted molar refractivity (Wildman–Crippen MR) is 76.0 cm³/mol. The zero-order chi connectivity index (χ0) is 14.4. The molecule has 2 rings (SSSR count). The van der Waals surface area contributed by atoms with Gasteiger partial charge in [0.2, 0.25) is 0 Å². The molecule has 1 saturated heterocycles. The first-order chi connectivity index (χ1) is 9.69. The van der Waals surface area contributed by atoms with E-state index >= 15 is 0 Å². The van der Waals surface area contributed by atoms with E-state index in [2.05, 4.69) is 0 Å². The lowest BCUT2D eigenvalue weighted by Gasteiger charge is -2.15. The fourth-order valence-electron chi connectivity index (χ4n) is 2.62. The Morgan fingerprint density at radius 3 is 2.75 bits per heavy atom. The highest BCUT2D eigenvalue weighted by atomic mass is 16.5. The standard InChI is InChI=1S/C16H22O4/c1-19-14-7-4-12(5-8-14)11-13(16(17)18)6-9-15-3-2-10-20-15/h4-5,7-8,13,15H,2-3,6,9-11H2,1H3,(H,17,18). The summed E-state index contributed by atoms with van der Waals surface area (Å²) in [6.07, 6.45) is 4.49. The number of carboxylic acid groups (broad SMARTS) is 1. The minimum atomic E-state index is -0.723. The highest BCUT2D eigenvalue weighted by molar-refractivity contribution is 5.70. The Morgan fingerprint density at radius 1 is 1.45 bits per heavy atom.